The summed E-state index contributed by atoms with van der Waals surface area (Å²) in [5.41, 5.74) is 12.2. The molecule has 3 aromatic heterocycles. The SMILES string of the molecule is c1ccc(-c2ccc3c(c2)c2cc(-c4ccccc4)ccc2n3-c2cccc3c2oc2cccc(-c4nc(-c5ccc6ccccc6c5)nc(-c5ccc6ccccc6c5)n4)c23)cc1. The van der Waals surface area contributed by atoms with Gasteiger partial charge in [-0.1, -0.05) is 170 Å². The summed E-state index contributed by atoms with van der Waals surface area (Å²) in [4.78, 5) is 15.7. The van der Waals surface area contributed by atoms with E-state index in [1.165, 1.54) is 33.0 Å². The zero-order valence-electron chi connectivity index (χ0n) is 34.5. The third-order valence-corrected chi connectivity index (χ3v) is 12.6. The van der Waals surface area contributed by atoms with Crippen LogP contribution in [-0.4, -0.2) is 19.5 Å². The minimum atomic E-state index is 0.582. The lowest BCUT2D eigenvalue weighted by Gasteiger charge is -2.11. The number of aromatic nitrogens is 4. The zero-order chi connectivity index (χ0) is 42.1. The van der Waals surface area contributed by atoms with Gasteiger partial charge in [0.1, 0.15) is 5.58 Å². The van der Waals surface area contributed by atoms with E-state index in [0.29, 0.717) is 17.5 Å². The molecule has 0 fully saturated rings. The van der Waals surface area contributed by atoms with Crippen molar-refractivity contribution in [2.24, 2.45) is 0 Å². The molecular formula is C59H36N4O. The first-order valence-electron chi connectivity index (χ1n) is 21.6. The second-order valence-corrected chi connectivity index (χ2v) is 16.4. The van der Waals surface area contributed by atoms with Crippen LogP contribution in [0.3, 0.4) is 0 Å². The van der Waals surface area contributed by atoms with Crippen LogP contribution in [0, 0.1) is 0 Å². The molecule has 0 amide bonds. The van der Waals surface area contributed by atoms with E-state index in [1.807, 2.05) is 12.1 Å². The van der Waals surface area contributed by atoms with E-state index in [4.69, 9.17) is 19.4 Å². The van der Waals surface area contributed by atoms with Crippen LogP contribution in [-0.2, 0) is 0 Å². The number of para-hydroxylation sites is 1. The van der Waals surface area contributed by atoms with E-state index in [1.54, 1.807) is 0 Å². The minimum absolute atomic E-state index is 0.582. The fourth-order valence-electron chi connectivity index (χ4n) is 9.51. The highest BCUT2D eigenvalue weighted by atomic mass is 16.3. The predicted octanol–water partition coefficient (Wildman–Crippen LogP) is 15.5. The first-order chi connectivity index (χ1) is 31.7. The van der Waals surface area contributed by atoms with Gasteiger partial charge in [-0.15, -0.1) is 0 Å². The monoisotopic (exact) mass is 816 g/mol. The van der Waals surface area contributed by atoms with Crippen LogP contribution in [0.1, 0.15) is 0 Å². The van der Waals surface area contributed by atoms with E-state index in [2.05, 4.69) is 211 Å². The maximum Gasteiger partial charge on any atom is 0.164 e. The Hall–Kier alpha value is -8.67. The fourth-order valence-corrected chi connectivity index (χ4v) is 9.51. The predicted molar refractivity (Wildman–Crippen MR) is 264 cm³/mol. The van der Waals surface area contributed by atoms with E-state index in [0.717, 1.165) is 76.9 Å². The smallest absolute Gasteiger partial charge is 0.164 e. The van der Waals surface area contributed by atoms with Crippen LogP contribution in [0.5, 0.6) is 0 Å². The molecule has 0 saturated heterocycles. The van der Waals surface area contributed by atoms with Crippen molar-refractivity contribution in [2.75, 3.05) is 0 Å². The first kappa shape index (κ1) is 36.0. The molecule has 0 aliphatic rings. The Balaban J connectivity index is 1.03. The average Bonchev–Trinajstić information content (AvgIpc) is 3.92. The van der Waals surface area contributed by atoms with E-state index >= 15 is 0 Å². The molecule has 3 heterocycles. The van der Waals surface area contributed by atoms with Gasteiger partial charge in [0.15, 0.2) is 23.1 Å². The number of nitrogens with zero attached hydrogens (tertiary/aromatic N) is 4. The summed E-state index contributed by atoms with van der Waals surface area (Å²) < 4.78 is 9.35. The van der Waals surface area contributed by atoms with Crippen molar-refractivity contribution in [3.8, 4) is 62.1 Å². The Morgan fingerprint density at radius 1 is 0.328 bits per heavy atom. The standard InChI is InChI=1S/C59H36N4O/c1-3-13-37(14-4-1)43-29-31-51-49(35-43)50-36-44(38-15-5-2-6-16-38)30-32-52(50)63(51)53-23-11-21-47-55-48(22-12-24-54(55)64-56(47)53)59-61-57(45-27-25-39-17-7-9-19-41(39)33-45)60-58(62-59)46-28-26-40-18-8-10-20-42(40)34-46/h1-36H. The summed E-state index contributed by atoms with van der Waals surface area (Å²) in [6.07, 6.45) is 0. The first-order valence-corrected chi connectivity index (χ1v) is 21.6. The van der Waals surface area contributed by atoms with Gasteiger partial charge in [0.25, 0.3) is 0 Å². The number of benzene rings is 10. The number of furan rings is 1. The van der Waals surface area contributed by atoms with Gasteiger partial charge in [-0.2, -0.15) is 0 Å². The lowest BCUT2D eigenvalue weighted by atomic mass is 10.0. The van der Waals surface area contributed by atoms with Crippen molar-refractivity contribution >= 4 is 65.3 Å². The molecule has 0 saturated carbocycles. The summed E-state index contributed by atoms with van der Waals surface area (Å²) in [6.45, 7) is 0. The molecule has 5 nitrogen and oxygen atoms in total. The molecule has 64 heavy (non-hydrogen) atoms. The average molecular weight is 817 g/mol. The second-order valence-electron chi connectivity index (χ2n) is 16.4. The van der Waals surface area contributed by atoms with Crippen LogP contribution in [0.2, 0.25) is 0 Å². The molecule has 0 atom stereocenters. The molecule has 5 heteroatoms. The van der Waals surface area contributed by atoms with Crippen LogP contribution in [0.15, 0.2) is 223 Å². The quantitative estimate of drug-likeness (QED) is 0.168. The highest BCUT2D eigenvalue weighted by molar-refractivity contribution is 6.16. The van der Waals surface area contributed by atoms with Crippen LogP contribution in [0.4, 0.5) is 0 Å². The highest BCUT2D eigenvalue weighted by Crippen LogP contribution is 2.43. The third kappa shape index (κ3) is 5.90. The zero-order valence-corrected chi connectivity index (χ0v) is 34.5. The van der Waals surface area contributed by atoms with E-state index < -0.39 is 0 Å². The van der Waals surface area contributed by atoms with Gasteiger partial charge >= 0.3 is 0 Å². The summed E-state index contributed by atoms with van der Waals surface area (Å²) >= 11 is 0. The largest absolute Gasteiger partial charge is 0.454 e. The Labute approximate surface area is 368 Å². The van der Waals surface area contributed by atoms with Gasteiger partial charge in [0.2, 0.25) is 0 Å². The Morgan fingerprint density at radius 3 is 1.41 bits per heavy atom. The van der Waals surface area contributed by atoms with Crippen molar-refractivity contribution in [2.45, 2.75) is 0 Å². The normalized spacial score (nSPS) is 11.8. The van der Waals surface area contributed by atoms with Gasteiger partial charge in [-0.05, 0) is 92.3 Å². The molecule has 13 rings (SSSR count). The van der Waals surface area contributed by atoms with Crippen molar-refractivity contribution in [3.05, 3.63) is 218 Å². The molecule has 0 spiro atoms. The van der Waals surface area contributed by atoms with Crippen LogP contribution < -0.4 is 0 Å². The molecule has 298 valence electrons. The summed E-state index contributed by atoms with van der Waals surface area (Å²) in [5.74, 6) is 1.80. The number of hydrogen-bond donors (Lipinski definition) is 0. The minimum Gasteiger partial charge on any atom is -0.454 e. The molecular weight excluding hydrogens is 781 g/mol. The number of fused-ring (bicyclic) bond motifs is 8. The molecule has 0 aliphatic heterocycles. The summed E-state index contributed by atoms with van der Waals surface area (Å²) in [6, 6.07) is 77.0. The molecule has 0 unspecified atom stereocenters. The van der Waals surface area contributed by atoms with Crippen molar-refractivity contribution in [1.29, 1.82) is 0 Å². The fraction of sp³-hybridized carbons (Fsp3) is 0. The van der Waals surface area contributed by atoms with Crippen molar-refractivity contribution in [1.82, 2.24) is 19.5 Å². The lowest BCUT2D eigenvalue weighted by Crippen LogP contribution is -2.00. The molecule has 13 aromatic rings. The Morgan fingerprint density at radius 2 is 0.828 bits per heavy atom. The second kappa shape index (κ2) is 14.5. The van der Waals surface area contributed by atoms with Gasteiger partial charge < -0.3 is 8.98 Å². The molecule has 0 N–H and O–H groups in total. The summed E-state index contributed by atoms with van der Waals surface area (Å²) in [7, 11) is 0. The van der Waals surface area contributed by atoms with Crippen molar-refractivity contribution < 1.29 is 4.42 Å². The maximum absolute atomic E-state index is 6.99. The molecule has 10 aromatic carbocycles. The summed E-state index contributed by atoms with van der Waals surface area (Å²) in [5, 5.41) is 8.88. The molecule has 0 aliphatic carbocycles. The molecule has 0 radical (unpaired) electrons. The maximum atomic E-state index is 6.99. The van der Waals surface area contributed by atoms with Crippen LogP contribution in [0.25, 0.3) is 127 Å². The van der Waals surface area contributed by atoms with Gasteiger partial charge in [-0.3, -0.25) is 0 Å². The number of hydrogen-bond acceptors (Lipinski definition) is 4. The van der Waals surface area contributed by atoms with E-state index in [-0.39, 0.29) is 0 Å². The third-order valence-electron chi connectivity index (χ3n) is 12.6. The lowest BCUT2D eigenvalue weighted by molar-refractivity contribution is 0.666. The van der Waals surface area contributed by atoms with Gasteiger partial charge in [0.05, 0.1) is 16.7 Å². The Bertz CT molecular complexity index is 3770. The van der Waals surface area contributed by atoms with Gasteiger partial charge in [-0.25, -0.2) is 15.0 Å². The molecule has 0 bridgehead atoms. The van der Waals surface area contributed by atoms with Crippen LogP contribution >= 0.6 is 0 Å². The Kier molecular flexibility index (Phi) is 8.15. The topological polar surface area (TPSA) is 56.7 Å². The van der Waals surface area contributed by atoms with Gasteiger partial charge in [0, 0.05) is 38.2 Å². The van der Waals surface area contributed by atoms with E-state index in [9.17, 15) is 0 Å². The van der Waals surface area contributed by atoms with Crippen molar-refractivity contribution in [3.63, 3.8) is 0 Å². The highest BCUT2D eigenvalue weighted by Gasteiger charge is 2.22. The number of rotatable bonds is 6.